The first-order valence-electron chi connectivity index (χ1n) is 11.1. The maximum atomic E-state index is 11.4. The second-order valence-corrected chi connectivity index (χ2v) is 10.4. The Balaban J connectivity index is 0.000000241. The SMILES string of the molecule is Cc1ccc([O-])c(N=Nc2nccs2)c1.[C-]#[O+].[Cl][Ru+].c1ccc(P(c2ccccc2)c2ccccc2)cc1. The molecule has 38 heavy (non-hydrogen) atoms. The summed E-state index contributed by atoms with van der Waals surface area (Å²) in [6, 6.07) is 37.3. The van der Waals surface area contributed by atoms with Gasteiger partial charge in [-0.15, -0.1) is 21.6 Å². The molecule has 0 radical (unpaired) electrons. The second kappa shape index (κ2) is 18.3. The van der Waals surface area contributed by atoms with E-state index in [1.165, 1.54) is 33.3 Å². The molecular formula is C29H23ClN3O2PRuS. The molecule has 9 heteroatoms. The Kier molecular flexibility index (Phi) is 15.0. The summed E-state index contributed by atoms with van der Waals surface area (Å²) in [5, 5.41) is 25.7. The number of hydrogen-bond donors (Lipinski definition) is 0. The van der Waals surface area contributed by atoms with Gasteiger partial charge in [-0.3, -0.25) is 0 Å². The van der Waals surface area contributed by atoms with E-state index in [1.54, 1.807) is 18.3 Å². The second-order valence-electron chi connectivity index (χ2n) is 7.33. The number of azo groups is 1. The van der Waals surface area contributed by atoms with Crippen LogP contribution in [0, 0.1) is 13.6 Å². The molecule has 5 nitrogen and oxygen atoms in total. The number of thiazole rings is 1. The van der Waals surface area contributed by atoms with E-state index in [2.05, 4.69) is 123 Å². The minimum absolute atomic E-state index is 0.124. The molecule has 0 saturated carbocycles. The van der Waals surface area contributed by atoms with Gasteiger partial charge >= 0.3 is 38.3 Å². The third kappa shape index (κ3) is 10.0. The van der Waals surface area contributed by atoms with Crippen LogP contribution < -0.4 is 21.0 Å². The Labute approximate surface area is 242 Å². The third-order valence-corrected chi connectivity index (χ3v) is 7.92. The number of aromatic nitrogens is 1. The van der Waals surface area contributed by atoms with Gasteiger partial charge in [-0.25, -0.2) is 4.98 Å². The van der Waals surface area contributed by atoms with Crippen molar-refractivity contribution in [1.82, 2.24) is 4.98 Å². The van der Waals surface area contributed by atoms with Gasteiger partial charge in [-0.1, -0.05) is 109 Å². The maximum absolute atomic E-state index is 11.4. The van der Waals surface area contributed by atoms with Crippen LogP contribution in [0.15, 0.2) is 131 Å². The molecule has 0 amide bonds. The van der Waals surface area contributed by atoms with Crippen molar-refractivity contribution in [2.45, 2.75) is 6.92 Å². The van der Waals surface area contributed by atoms with Gasteiger partial charge in [0.05, 0.1) is 5.69 Å². The van der Waals surface area contributed by atoms with Crippen LogP contribution in [0.1, 0.15) is 5.56 Å². The monoisotopic (exact) mass is 645 g/mol. The number of rotatable bonds is 5. The Morgan fingerprint density at radius 2 is 1.26 bits per heavy atom. The summed E-state index contributed by atoms with van der Waals surface area (Å²) in [5.74, 6) is -0.124. The predicted octanol–water partition coefficient (Wildman–Crippen LogP) is 7.03. The van der Waals surface area contributed by atoms with Gasteiger partial charge in [0.2, 0.25) is 5.13 Å². The number of aryl methyl sites for hydroxylation is 1. The summed E-state index contributed by atoms with van der Waals surface area (Å²) in [7, 11) is 4.12. The van der Waals surface area contributed by atoms with E-state index < -0.39 is 7.92 Å². The van der Waals surface area contributed by atoms with Crippen LogP contribution in [0.3, 0.4) is 0 Å². The van der Waals surface area contributed by atoms with Crippen LogP contribution in [0.2, 0.25) is 0 Å². The first-order chi connectivity index (χ1) is 18.7. The molecule has 1 heterocycles. The van der Waals surface area contributed by atoms with E-state index in [0.29, 0.717) is 10.8 Å². The van der Waals surface area contributed by atoms with Crippen LogP contribution in [0.5, 0.6) is 5.75 Å². The van der Waals surface area contributed by atoms with Gasteiger partial charge in [-0.2, -0.15) is 0 Å². The Morgan fingerprint density at radius 1 is 0.789 bits per heavy atom. The summed E-state index contributed by atoms with van der Waals surface area (Å²) < 4.78 is 7.50. The minimum atomic E-state index is -0.446. The third-order valence-electron chi connectivity index (χ3n) is 4.82. The quantitative estimate of drug-likeness (QED) is 0.0677. The first-order valence-corrected chi connectivity index (χ1v) is 15.5. The normalized spacial score (nSPS) is 9.84. The Bertz CT molecular complexity index is 1280. The zero-order chi connectivity index (χ0) is 27.6. The van der Waals surface area contributed by atoms with Gasteiger partial charge in [0, 0.05) is 11.6 Å². The number of nitrogens with zero attached hydrogens (tertiary/aromatic N) is 3. The fraction of sp³-hybridized carbons (Fsp3) is 0.0345. The molecule has 0 fully saturated rings. The molecule has 0 atom stereocenters. The van der Waals surface area contributed by atoms with Gasteiger partial charge < -0.3 is 5.11 Å². The average Bonchev–Trinajstić information content (AvgIpc) is 3.52. The molecule has 0 bridgehead atoms. The molecule has 1 aromatic heterocycles. The maximum Gasteiger partial charge on any atom is -0.0134 e. The van der Waals surface area contributed by atoms with Crippen LogP contribution >= 0.6 is 28.9 Å². The van der Waals surface area contributed by atoms with E-state index in [9.17, 15) is 5.11 Å². The van der Waals surface area contributed by atoms with E-state index in [1.807, 2.05) is 29.6 Å². The topological polar surface area (TPSA) is 80.6 Å². The predicted molar refractivity (Wildman–Crippen MR) is 152 cm³/mol. The molecule has 0 aliphatic carbocycles. The number of halogens is 1. The van der Waals surface area contributed by atoms with Crippen LogP contribution in [-0.4, -0.2) is 4.98 Å². The van der Waals surface area contributed by atoms with Crippen molar-refractivity contribution in [3.8, 4) is 5.75 Å². The van der Waals surface area contributed by atoms with Crippen molar-refractivity contribution >= 4 is 55.7 Å². The van der Waals surface area contributed by atoms with E-state index in [-0.39, 0.29) is 5.75 Å². The van der Waals surface area contributed by atoms with Crippen LogP contribution in [0.4, 0.5) is 10.8 Å². The molecule has 0 aliphatic heterocycles. The smallest absolute Gasteiger partial charge is 0.0134 e. The first kappa shape index (κ1) is 31.2. The summed E-state index contributed by atoms with van der Waals surface area (Å²) in [6.45, 7) is 6.40. The van der Waals surface area contributed by atoms with Crippen molar-refractivity contribution in [2.75, 3.05) is 0 Å². The zero-order valence-corrected chi connectivity index (χ0v) is 24.5. The molecular weight excluding hydrogens is 622 g/mol. The molecule has 0 N–H and O–H groups in total. The largest absolute Gasteiger partial charge is 0.0622 e. The summed E-state index contributed by atoms with van der Waals surface area (Å²) in [6.07, 6.45) is 1.65. The molecule has 4 aromatic carbocycles. The Morgan fingerprint density at radius 3 is 1.68 bits per heavy atom. The zero-order valence-electron chi connectivity index (χ0n) is 20.3. The van der Waals surface area contributed by atoms with Gasteiger partial charge in [0.15, 0.2) is 0 Å². The summed E-state index contributed by atoms with van der Waals surface area (Å²) in [5.41, 5.74) is 1.34. The summed E-state index contributed by atoms with van der Waals surface area (Å²) >= 11 is 3.20. The van der Waals surface area contributed by atoms with E-state index in [0.717, 1.165) is 5.56 Å². The fourth-order valence-corrected chi connectivity index (χ4v) is 6.00. The average molecular weight is 645 g/mol. The molecule has 0 spiro atoms. The summed E-state index contributed by atoms with van der Waals surface area (Å²) in [4.78, 5) is 3.94. The van der Waals surface area contributed by atoms with Crippen molar-refractivity contribution in [3.05, 3.63) is 133 Å². The van der Waals surface area contributed by atoms with Crippen molar-refractivity contribution in [2.24, 2.45) is 10.2 Å². The fourth-order valence-electron chi connectivity index (χ4n) is 3.25. The van der Waals surface area contributed by atoms with Gasteiger partial charge in [-0.05, 0) is 42.4 Å². The molecule has 5 rings (SSSR count). The van der Waals surface area contributed by atoms with Crippen molar-refractivity contribution in [3.63, 3.8) is 0 Å². The molecule has 0 unspecified atom stereocenters. The molecule has 0 saturated heterocycles. The van der Waals surface area contributed by atoms with Crippen LogP contribution in [0.25, 0.3) is 0 Å². The molecule has 0 aliphatic rings. The molecule has 5 aromatic rings. The van der Waals surface area contributed by atoms with E-state index in [4.69, 9.17) is 4.65 Å². The standard InChI is InChI=1S/C18H15P.C10H9N3OS.CO.ClH.Ru/c1-4-10-16(11-5-1)19(17-12-6-2-7-13-17)18-14-8-3-9-15-18;1-7-2-3-9(14)8(6-7)12-13-10-11-4-5-15-10;1-2;;/h1-15H;2-6,14H,1H3;;1H;/q;;;;+2/p-2. The van der Waals surface area contributed by atoms with Crippen molar-refractivity contribution < 1.29 is 27.1 Å². The minimum Gasteiger partial charge on any atom is -0.0622 e. The number of benzene rings is 4. The van der Waals surface area contributed by atoms with Gasteiger partial charge in [0.25, 0.3) is 0 Å². The molecule has 192 valence electrons. The van der Waals surface area contributed by atoms with E-state index >= 15 is 0 Å². The Hall–Kier alpha value is -3.01. The van der Waals surface area contributed by atoms with Gasteiger partial charge in [0.1, 0.15) is 0 Å². The van der Waals surface area contributed by atoms with Crippen LogP contribution in [-0.2, 0) is 22.0 Å². The van der Waals surface area contributed by atoms with Crippen molar-refractivity contribution in [1.29, 1.82) is 0 Å². The number of hydrogen-bond acceptors (Lipinski definition) is 5.